The van der Waals surface area contributed by atoms with Crippen LogP contribution in [0, 0.1) is 0 Å². The van der Waals surface area contributed by atoms with Crippen molar-refractivity contribution in [3.63, 3.8) is 0 Å². The number of hydrogen-bond donors (Lipinski definition) is 0. The molecule has 2 aliphatic heterocycles. The first kappa shape index (κ1) is 15.3. The Hall–Kier alpha value is -2.24. The number of anilines is 1. The molecule has 2 amide bonds. The molecular formula is C18H18ClN3O2. The summed E-state index contributed by atoms with van der Waals surface area (Å²) in [5.41, 5.74) is 1.86. The molecule has 0 aliphatic carbocycles. The number of ether oxygens (including phenoxy) is 1. The lowest BCUT2D eigenvalue weighted by atomic mass is 10.1. The van der Waals surface area contributed by atoms with E-state index in [1.165, 1.54) is 0 Å². The van der Waals surface area contributed by atoms with E-state index in [0.717, 1.165) is 36.5 Å². The van der Waals surface area contributed by atoms with Crippen molar-refractivity contribution in [1.29, 1.82) is 0 Å². The van der Waals surface area contributed by atoms with Crippen LogP contribution in [-0.4, -0.2) is 36.2 Å². The van der Waals surface area contributed by atoms with Gasteiger partial charge in [0.1, 0.15) is 11.9 Å². The summed E-state index contributed by atoms with van der Waals surface area (Å²) in [5, 5.41) is 4.58. The molecule has 2 saturated heterocycles. The number of hydrogen-bond acceptors (Lipinski definition) is 3. The fourth-order valence-electron chi connectivity index (χ4n) is 3.43. The molecule has 124 valence electrons. The van der Waals surface area contributed by atoms with Crippen LogP contribution in [0.4, 0.5) is 10.5 Å². The largest absolute Gasteiger partial charge is 0.497 e. The zero-order valence-electron chi connectivity index (χ0n) is 13.4. The second kappa shape index (κ2) is 6.00. The van der Waals surface area contributed by atoms with Crippen molar-refractivity contribution >= 4 is 23.3 Å². The van der Waals surface area contributed by atoms with Gasteiger partial charge in [-0.15, -0.1) is 0 Å². The molecule has 2 aromatic rings. The van der Waals surface area contributed by atoms with Gasteiger partial charge in [-0.05, 0) is 42.3 Å². The van der Waals surface area contributed by atoms with E-state index in [1.54, 1.807) is 7.11 Å². The Balaban J connectivity index is 1.78. The summed E-state index contributed by atoms with van der Waals surface area (Å²) in [6, 6.07) is 15.3. The van der Waals surface area contributed by atoms with Gasteiger partial charge in [0, 0.05) is 23.8 Å². The maximum Gasteiger partial charge on any atom is 0.340 e. The third kappa shape index (κ3) is 2.41. The molecule has 6 heteroatoms. The number of halogens is 1. The summed E-state index contributed by atoms with van der Waals surface area (Å²) >= 11 is 6.14. The van der Waals surface area contributed by atoms with E-state index in [2.05, 4.69) is 5.01 Å². The van der Waals surface area contributed by atoms with E-state index in [4.69, 9.17) is 16.3 Å². The van der Waals surface area contributed by atoms with E-state index < -0.39 is 0 Å². The summed E-state index contributed by atoms with van der Waals surface area (Å²) in [6.07, 6.45) is 0.825. The fourth-order valence-corrected chi connectivity index (χ4v) is 3.61. The molecule has 1 unspecified atom stereocenters. The molecule has 2 fully saturated rings. The number of carbonyl (C=O) groups excluding carboxylic acids is 1. The topological polar surface area (TPSA) is 36.0 Å². The number of fused-ring (bicyclic) bond motifs is 1. The monoisotopic (exact) mass is 343 g/mol. The Labute approximate surface area is 145 Å². The SMILES string of the molecule is COc1ccc(C2N(c3cccc(Cl)c3)C(=O)N3CCCN23)cc1. The summed E-state index contributed by atoms with van der Waals surface area (Å²) in [5.74, 6) is 0.802. The molecule has 1 atom stereocenters. The van der Waals surface area contributed by atoms with Crippen LogP contribution in [0.5, 0.6) is 5.75 Å². The zero-order chi connectivity index (χ0) is 16.7. The summed E-state index contributed by atoms with van der Waals surface area (Å²) in [6.45, 7) is 1.61. The van der Waals surface area contributed by atoms with Crippen molar-refractivity contribution in [1.82, 2.24) is 10.0 Å². The molecule has 2 aliphatic rings. The smallest absolute Gasteiger partial charge is 0.340 e. The van der Waals surface area contributed by atoms with Gasteiger partial charge in [-0.3, -0.25) is 9.91 Å². The Bertz CT molecular complexity index is 765. The van der Waals surface area contributed by atoms with Crippen molar-refractivity contribution in [2.45, 2.75) is 12.6 Å². The van der Waals surface area contributed by atoms with Crippen LogP contribution in [0.25, 0.3) is 0 Å². The summed E-state index contributed by atoms with van der Waals surface area (Å²) in [4.78, 5) is 14.8. The lowest BCUT2D eigenvalue weighted by Gasteiger charge is -2.28. The fraction of sp³-hybridized carbons (Fsp3) is 0.278. The minimum absolute atomic E-state index is 0.00409. The molecule has 2 aromatic carbocycles. The Kier molecular flexibility index (Phi) is 3.82. The first-order chi connectivity index (χ1) is 11.7. The van der Waals surface area contributed by atoms with Gasteiger partial charge in [-0.1, -0.05) is 29.8 Å². The third-order valence-electron chi connectivity index (χ3n) is 4.52. The molecular weight excluding hydrogens is 326 g/mol. The molecule has 0 saturated carbocycles. The lowest BCUT2D eigenvalue weighted by molar-refractivity contribution is 0.0727. The van der Waals surface area contributed by atoms with Gasteiger partial charge in [0.05, 0.1) is 7.11 Å². The first-order valence-electron chi connectivity index (χ1n) is 7.96. The average molecular weight is 344 g/mol. The Morgan fingerprint density at radius 2 is 1.92 bits per heavy atom. The number of amides is 2. The maximum absolute atomic E-state index is 12.9. The number of urea groups is 1. The standard InChI is InChI=1S/C18H18ClN3O2/c1-24-16-8-6-13(7-9-16)17-20-10-3-11-21(20)18(23)22(17)15-5-2-4-14(19)12-15/h2,4-9,12,17H,3,10-11H2,1H3. The minimum atomic E-state index is -0.163. The molecule has 5 nitrogen and oxygen atoms in total. The summed E-state index contributed by atoms with van der Waals surface area (Å²) < 4.78 is 5.24. The molecule has 4 rings (SSSR count). The molecule has 0 radical (unpaired) electrons. The normalized spacial score (nSPS) is 20.6. The maximum atomic E-state index is 12.9. The number of carbonyl (C=O) groups is 1. The number of nitrogens with zero attached hydrogens (tertiary/aromatic N) is 3. The molecule has 0 N–H and O–H groups in total. The molecule has 0 aromatic heterocycles. The van der Waals surface area contributed by atoms with Gasteiger partial charge in [0.2, 0.25) is 0 Å². The first-order valence-corrected chi connectivity index (χ1v) is 8.33. The highest BCUT2D eigenvalue weighted by Gasteiger charge is 2.47. The van der Waals surface area contributed by atoms with Crippen molar-refractivity contribution in [3.05, 3.63) is 59.1 Å². The van der Waals surface area contributed by atoms with Crippen LogP contribution in [0.3, 0.4) is 0 Å². The van der Waals surface area contributed by atoms with Crippen molar-refractivity contribution < 1.29 is 9.53 Å². The zero-order valence-corrected chi connectivity index (χ0v) is 14.1. The number of hydrazine groups is 1. The molecule has 2 heterocycles. The van der Waals surface area contributed by atoms with Crippen LogP contribution >= 0.6 is 11.6 Å². The highest BCUT2D eigenvalue weighted by molar-refractivity contribution is 6.30. The van der Waals surface area contributed by atoms with Crippen LogP contribution < -0.4 is 9.64 Å². The van der Waals surface area contributed by atoms with Crippen molar-refractivity contribution in [3.8, 4) is 5.75 Å². The number of benzene rings is 2. The van der Waals surface area contributed by atoms with Crippen molar-refractivity contribution in [2.75, 3.05) is 25.1 Å². The van der Waals surface area contributed by atoms with E-state index in [9.17, 15) is 4.79 Å². The van der Waals surface area contributed by atoms with Gasteiger partial charge in [-0.25, -0.2) is 4.79 Å². The van der Waals surface area contributed by atoms with Crippen LogP contribution in [-0.2, 0) is 0 Å². The van der Waals surface area contributed by atoms with E-state index in [-0.39, 0.29) is 12.2 Å². The van der Waals surface area contributed by atoms with Gasteiger partial charge in [-0.2, -0.15) is 5.01 Å². The van der Waals surface area contributed by atoms with E-state index in [0.29, 0.717) is 5.02 Å². The second-order valence-electron chi connectivity index (χ2n) is 5.92. The van der Waals surface area contributed by atoms with E-state index >= 15 is 0 Å². The molecule has 24 heavy (non-hydrogen) atoms. The average Bonchev–Trinajstić information content (AvgIpc) is 3.17. The lowest BCUT2D eigenvalue weighted by Crippen LogP contribution is -2.32. The van der Waals surface area contributed by atoms with Crippen LogP contribution in [0.15, 0.2) is 48.5 Å². The van der Waals surface area contributed by atoms with Crippen LogP contribution in [0.1, 0.15) is 18.2 Å². The molecule has 0 bridgehead atoms. The highest BCUT2D eigenvalue weighted by atomic mass is 35.5. The van der Waals surface area contributed by atoms with Gasteiger partial charge in [0.25, 0.3) is 0 Å². The van der Waals surface area contributed by atoms with Gasteiger partial charge in [0.15, 0.2) is 0 Å². The second-order valence-corrected chi connectivity index (χ2v) is 6.36. The summed E-state index contributed by atoms with van der Waals surface area (Å²) in [7, 11) is 1.65. The molecule has 0 spiro atoms. The quantitative estimate of drug-likeness (QED) is 0.847. The van der Waals surface area contributed by atoms with Gasteiger partial charge >= 0.3 is 6.03 Å². The van der Waals surface area contributed by atoms with E-state index in [1.807, 2.05) is 58.4 Å². The number of rotatable bonds is 3. The van der Waals surface area contributed by atoms with Crippen molar-refractivity contribution in [2.24, 2.45) is 0 Å². The number of methoxy groups -OCH3 is 1. The van der Waals surface area contributed by atoms with Gasteiger partial charge < -0.3 is 4.74 Å². The predicted octanol–water partition coefficient (Wildman–Crippen LogP) is 3.91. The Morgan fingerprint density at radius 3 is 2.62 bits per heavy atom. The predicted molar refractivity (Wildman–Crippen MR) is 93.1 cm³/mol. The minimum Gasteiger partial charge on any atom is -0.497 e. The highest BCUT2D eigenvalue weighted by Crippen LogP contribution is 2.41. The van der Waals surface area contributed by atoms with Crippen LogP contribution in [0.2, 0.25) is 5.02 Å². The Morgan fingerprint density at radius 1 is 1.12 bits per heavy atom. The third-order valence-corrected chi connectivity index (χ3v) is 4.76.